The highest BCUT2D eigenvalue weighted by atomic mass is 16.5. The van der Waals surface area contributed by atoms with Gasteiger partial charge in [-0.15, -0.1) is 0 Å². The summed E-state index contributed by atoms with van der Waals surface area (Å²) >= 11 is 0. The Bertz CT molecular complexity index is 531. The zero-order valence-electron chi connectivity index (χ0n) is 11.7. The van der Waals surface area contributed by atoms with E-state index >= 15 is 0 Å². The SMILES string of the molecule is CCNc1nc(OCCOCCOC)c2cn[nH]c2n1. The van der Waals surface area contributed by atoms with E-state index < -0.39 is 0 Å². The fourth-order valence-electron chi connectivity index (χ4n) is 1.60. The minimum absolute atomic E-state index is 0.409. The van der Waals surface area contributed by atoms with E-state index in [0.717, 1.165) is 11.9 Å². The van der Waals surface area contributed by atoms with Gasteiger partial charge in [0.1, 0.15) is 12.0 Å². The highest BCUT2D eigenvalue weighted by Crippen LogP contribution is 2.21. The Balaban J connectivity index is 1.95. The lowest BCUT2D eigenvalue weighted by molar-refractivity contribution is 0.0540. The van der Waals surface area contributed by atoms with E-state index in [1.807, 2.05) is 6.92 Å². The van der Waals surface area contributed by atoms with E-state index in [2.05, 4.69) is 25.5 Å². The standard InChI is InChI=1S/C12H19N5O3/c1-3-13-12-15-10-9(8-14-17-10)11(16-12)20-7-6-19-5-4-18-2/h8H,3-7H2,1-2H3,(H2,13,14,15,16,17). The average molecular weight is 281 g/mol. The Morgan fingerprint density at radius 3 is 2.85 bits per heavy atom. The zero-order chi connectivity index (χ0) is 14.2. The molecule has 0 aromatic carbocycles. The number of nitrogens with one attached hydrogen (secondary N) is 2. The Morgan fingerprint density at radius 2 is 2.05 bits per heavy atom. The van der Waals surface area contributed by atoms with E-state index in [1.165, 1.54) is 0 Å². The molecule has 0 saturated carbocycles. The van der Waals surface area contributed by atoms with Gasteiger partial charge in [0.05, 0.1) is 26.0 Å². The smallest absolute Gasteiger partial charge is 0.229 e. The largest absolute Gasteiger partial charge is 0.475 e. The average Bonchev–Trinajstić information content (AvgIpc) is 2.91. The van der Waals surface area contributed by atoms with Crippen molar-refractivity contribution in [2.24, 2.45) is 0 Å². The second-order valence-corrected chi connectivity index (χ2v) is 3.97. The molecule has 2 aromatic heterocycles. The van der Waals surface area contributed by atoms with Gasteiger partial charge in [0.2, 0.25) is 11.8 Å². The third-order valence-electron chi connectivity index (χ3n) is 2.51. The first-order valence-electron chi connectivity index (χ1n) is 6.49. The van der Waals surface area contributed by atoms with Crippen LogP contribution in [0.1, 0.15) is 6.92 Å². The summed E-state index contributed by atoms with van der Waals surface area (Å²) in [5.41, 5.74) is 0.645. The highest BCUT2D eigenvalue weighted by Gasteiger charge is 2.10. The lowest BCUT2D eigenvalue weighted by atomic mass is 10.4. The maximum absolute atomic E-state index is 5.63. The molecule has 2 aromatic rings. The summed E-state index contributed by atoms with van der Waals surface area (Å²) in [7, 11) is 1.64. The van der Waals surface area contributed by atoms with E-state index in [0.29, 0.717) is 43.9 Å². The molecule has 0 aliphatic rings. The van der Waals surface area contributed by atoms with Crippen LogP contribution in [-0.4, -0.2) is 60.2 Å². The second-order valence-electron chi connectivity index (χ2n) is 3.97. The van der Waals surface area contributed by atoms with Crippen LogP contribution in [0.3, 0.4) is 0 Å². The van der Waals surface area contributed by atoms with Crippen LogP contribution in [-0.2, 0) is 9.47 Å². The summed E-state index contributed by atoms with van der Waals surface area (Å²) in [5.74, 6) is 1.01. The normalized spacial score (nSPS) is 10.9. The van der Waals surface area contributed by atoms with Gasteiger partial charge in [0.15, 0.2) is 5.65 Å². The van der Waals surface area contributed by atoms with Gasteiger partial charge in [-0.3, -0.25) is 5.10 Å². The molecule has 0 unspecified atom stereocenters. The molecule has 0 spiro atoms. The number of hydrogen-bond acceptors (Lipinski definition) is 7. The molecule has 0 amide bonds. The van der Waals surface area contributed by atoms with Gasteiger partial charge < -0.3 is 19.5 Å². The predicted molar refractivity (Wildman–Crippen MR) is 74.0 cm³/mol. The first kappa shape index (κ1) is 14.5. The van der Waals surface area contributed by atoms with Crippen molar-refractivity contribution in [2.75, 3.05) is 45.4 Å². The summed E-state index contributed by atoms with van der Waals surface area (Å²) in [5, 5.41) is 10.6. The van der Waals surface area contributed by atoms with Gasteiger partial charge >= 0.3 is 0 Å². The van der Waals surface area contributed by atoms with Gasteiger partial charge in [0, 0.05) is 13.7 Å². The maximum atomic E-state index is 5.63. The first-order chi connectivity index (χ1) is 9.85. The molecule has 0 aliphatic carbocycles. The third-order valence-corrected chi connectivity index (χ3v) is 2.51. The fourth-order valence-corrected chi connectivity index (χ4v) is 1.60. The first-order valence-corrected chi connectivity index (χ1v) is 6.49. The predicted octanol–water partition coefficient (Wildman–Crippen LogP) is 0.826. The quantitative estimate of drug-likeness (QED) is 0.657. The molecule has 0 radical (unpaired) electrons. The van der Waals surface area contributed by atoms with Crippen LogP contribution in [0.2, 0.25) is 0 Å². The number of rotatable bonds is 9. The van der Waals surface area contributed by atoms with Crippen molar-refractivity contribution in [2.45, 2.75) is 6.92 Å². The van der Waals surface area contributed by atoms with Crippen molar-refractivity contribution in [1.29, 1.82) is 0 Å². The molecule has 0 fully saturated rings. The van der Waals surface area contributed by atoms with Gasteiger partial charge in [-0.2, -0.15) is 15.1 Å². The number of H-pyrrole nitrogens is 1. The number of methoxy groups -OCH3 is 1. The van der Waals surface area contributed by atoms with Gasteiger partial charge in [-0.05, 0) is 6.92 Å². The molecular weight excluding hydrogens is 262 g/mol. The van der Waals surface area contributed by atoms with Gasteiger partial charge in [-0.25, -0.2) is 0 Å². The number of hydrogen-bond donors (Lipinski definition) is 2. The molecule has 2 rings (SSSR count). The Morgan fingerprint density at radius 1 is 1.20 bits per heavy atom. The topological polar surface area (TPSA) is 94.2 Å². The zero-order valence-corrected chi connectivity index (χ0v) is 11.7. The summed E-state index contributed by atoms with van der Waals surface area (Å²) < 4.78 is 15.9. The van der Waals surface area contributed by atoms with Crippen LogP contribution in [0.25, 0.3) is 11.0 Å². The Labute approximate surface area is 116 Å². The highest BCUT2D eigenvalue weighted by molar-refractivity contribution is 5.80. The molecular formula is C12H19N5O3. The molecule has 2 heterocycles. The second kappa shape index (κ2) is 7.61. The molecule has 0 atom stereocenters. The summed E-state index contributed by atoms with van der Waals surface area (Å²) in [6.07, 6.45) is 1.65. The fraction of sp³-hybridized carbons (Fsp3) is 0.583. The molecule has 8 heteroatoms. The molecule has 0 saturated heterocycles. The van der Waals surface area contributed by atoms with E-state index in [4.69, 9.17) is 14.2 Å². The van der Waals surface area contributed by atoms with Crippen LogP contribution in [0.4, 0.5) is 5.95 Å². The van der Waals surface area contributed by atoms with Crippen molar-refractivity contribution in [3.63, 3.8) is 0 Å². The molecule has 2 N–H and O–H groups in total. The molecule has 20 heavy (non-hydrogen) atoms. The summed E-state index contributed by atoms with van der Waals surface area (Å²) in [4.78, 5) is 8.60. The van der Waals surface area contributed by atoms with Crippen LogP contribution in [0, 0.1) is 0 Å². The Kier molecular flexibility index (Phi) is 5.51. The van der Waals surface area contributed by atoms with Crippen molar-refractivity contribution in [3.05, 3.63) is 6.20 Å². The van der Waals surface area contributed by atoms with E-state index in [1.54, 1.807) is 13.3 Å². The molecule has 110 valence electrons. The number of ether oxygens (including phenoxy) is 3. The van der Waals surface area contributed by atoms with Crippen LogP contribution in [0.5, 0.6) is 5.88 Å². The summed E-state index contributed by atoms with van der Waals surface area (Å²) in [6.45, 7) is 4.72. The molecule has 8 nitrogen and oxygen atoms in total. The third kappa shape index (κ3) is 3.78. The van der Waals surface area contributed by atoms with Crippen molar-refractivity contribution >= 4 is 17.0 Å². The number of fused-ring (bicyclic) bond motifs is 1. The van der Waals surface area contributed by atoms with Crippen molar-refractivity contribution < 1.29 is 14.2 Å². The number of aromatic amines is 1. The van der Waals surface area contributed by atoms with Crippen molar-refractivity contribution in [1.82, 2.24) is 20.2 Å². The lowest BCUT2D eigenvalue weighted by Crippen LogP contribution is -2.11. The number of anilines is 1. The van der Waals surface area contributed by atoms with E-state index in [9.17, 15) is 0 Å². The van der Waals surface area contributed by atoms with Crippen molar-refractivity contribution in [3.8, 4) is 5.88 Å². The minimum Gasteiger partial charge on any atom is -0.475 e. The van der Waals surface area contributed by atoms with Crippen LogP contribution in [0.15, 0.2) is 6.20 Å². The van der Waals surface area contributed by atoms with Gasteiger partial charge in [-0.1, -0.05) is 0 Å². The summed E-state index contributed by atoms with van der Waals surface area (Å²) in [6, 6.07) is 0. The Hall–Kier alpha value is -1.93. The lowest BCUT2D eigenvalue weighted by Gasteiger charge is -2.08. The van der Waals surface area contributed by atoms with Crippen LogP contribution >= 0.6 is 0 Å². The number of aromatic nitrogens is 4. The molecule has 0 bridgehead atoms. The van der Waals surface area contributed by atoms with Gasteiger partial charge in [0.25, 0.3) is 0 Å². The molecule has 0 aliphatic heterocycles. The monoisotopic (exact) mass is 281 g/mol. The van der Waals surface area contributed by atoms with E-state index in [-0.39, 0.29) is 0 Å². The maximum Gasteiger partial charge on any atom is 0.229 e. The number of nitrogens with zero attached hydrogens (tertiary/aromatic N) is 3. The van der Waals surface area contributed by atoms with Crippen LogP contribution < -0.4 is 10.1 Å². The minimum atomic E-state index is 0.409.